The number of aliphatic hydroxyl groups is 2. The maximum absolute atomic E-state index is 9.91. The Labute approximate surface area is 124 Å². The Balaban J connectivity index is 2.03. The quantitative estimate of drug-likeness (QED) is 0.554. The van der Waals surface area contributed by atoms with Crippen molar-refractivity contribution in [2.75, 3.05) is 18.6 Å². The lowest BCUT2D eigenvalue weighted by atomic mass is 10.2. The molecule has 2 aromatic rings. The van der Waals surface area contributed by atoms with Crippen molar-refractivity contribution in [3.8, 4) is 0 Å². The van der Waals surface area contributed by atoms with E-state index in [9.17, 15) is 10.2 Å². The average molecular weight is 313 g/mol. The van der Waals surface area contributed by atoms with Crippen LogP contribution < -0.4 is 5.73 Å². The van der Waals surface area contributed by atoms with Crippen molar-refractivity contribution in [3.05, 3.63) is 6.33 Å². The summed E-state index contributed by atoms with van der Waals surface area (Å²) in [5.41, 5.74) is 7.12. The molecule has 0 aliphatic carbocycles. The van der Waals surface area contributed by atoms with E-state index in [2.05, 4.69) is 15.0 Å². The third-order valence-electron chi connectivity index (χ3n) is 3.29. The number of fused-ring (bicyclic) bond motifs is 1. The molecule has 0 unspecified atom stereocenters. The summed E-state index contributed by atoms with van der Waals surface area (Å²) in [5, 5.41) is 19.7. The second-order valence-corrected chi connectivity index (χ2v) is 6.75. The molecule has 1 fully saturated rings. The number of rotatable bonds is 3. The fourth-order valence-electron chi connectivity index (χ4n) is 2.31. The van der Waals surface area contributed by atoms with E-state index < -0.39 is 6.10 Å². The van der Waals surface area contributed by atoms with Crippen molar-refractivity contribution < 1.29 is 10.2 Å². The van der Waals surface area contributed by atoms with Crippen molar-refractivity contribution in [2.45, 2.75) is 28.2 Å². The summed E-state index contributed by atoms with van der Waals surface area (Å²) in [4.78, 5) is 12.8. The number of nitrogens with zero attached hydrogens (tertiary/aromatic N) is 4. The van der Waals surface area contributed by atoms with Crippen LogP contribution in [0, 0.1) is 0 Å². The van der Waals surface area contributed by atoms with Crippen LogP contribution >= 0.6 is 23.5 Å². The van der Waals surface area contributed by atoms with Gasteiger partial charge in [0.1, 0.15) is 10.5 Å². The van der Waals surface area contributed by atoms with Crippen LogP contribution in [0.3, 0.4) is 0 Å². The molecule has 0 bridgehead atoms. The number of aromatic nitrogens is 4. The van der Waals surface area contributed by atoms with E-state index in [1.165, 1.54) is 23.5 Å². The largest absolute Gasteiger partial charge is 0.395 e. The number of hydrogen-bond acceptors (Lipinski definition) is 8. The minimum atomic E-state index is -0.522. The van der Waals surface area contributed by atoms with Gasteiger partial charge in [-0.2, -0.15) is 4.98 Å². The van der Waals surface area contributed by atoms with Gasteiger partial charge in [0.05, 0.1) is 29.7 Å². The van der Waals surface area contributed by atoms with Gasteiger partial charge in [-0.1, -0.05) is 0 Å². The van der Waals surface area contributed by atoms with Gasteiger partial charge in [0.15, 0.2) is 5.65 Å². The van der Waals surface area contributed by atoms with Crippen LogP contribution in [-0.2, 0) is 0 Å². The molecule has 2 aromatic heterocycles. The van der Waals surface area contributed by atoms with Crippen LogP contribution in [0.5, 0.6) is 0 Å². The maximum Gasteiger partial charge on any atom is 0.223 e. The fourth-order valence-corrected chi connectivity index (χ4v) is 4.21. The third-order valence-corrected chi connectivity index (χ3v) is 5.51. The van der Waals surface area contributed by atoms with E-state index in [1.807, 2.05) is 10.8 Å². The van der Waals surface area contributed by atoms with Crippen LogP contribution in [-0.4, -0.2) is 53.9 Å². The highest BCUT2D eigenvalue weighted by Crippen LogP contribution is 2.42. The summed E-state index contributed by atoms with van der Waals surface area (Å²) in [7, 11) is 0. The van der Waals surface area contributed by atoms with E-state index in [4.69, 9.17) is 5.73 Å². The van der Waals surface area contributed by atoms with E-state index in [0.717, 1.165) is 5.03 Å². The number of anilines is 1. The molecular weight excluding hydrogens is 298 g/mol. The van der Waals surface area contributed by atoms with Gasteiger partial charge < -0.3 is 20.5 Å². The van der Waals surface area contributed by atoms with Crippen LogP contribution in [0.25, 0.3) is 11.2 Å². The lowest BCUT2D eigenvalue weighted by Crippen LogP contribution is -2.20. The summed E-state index contributed by atoms with van der Waals surface area (Å²) in [5.74, 6) is 0.214. The first-order valence-corrected chi connectivity index (χ1v) is 8.29. The molecule has 9 heteroatoms. The second-order valence-electron chi connectivity index (χ2n) is 4.53. The molecular formula is C11H15N5O2S2. The van der Waals surface area contributed by atoms with Gasteiger partial charge in [0.2, 0.25) is 5.95 Å². The predicted octanol–water partition coefficient (Wildman–Crippen LogP) is 0.488. The lowest BCUT2D eigenvalue weighted by molar-refractivity contribution is 0.138. The van der Waals surface area contributed by atoms with Crippen LogP contribution in [0.15, 0.2) is 11.4 Å². The molecule has 0 amide bonds. The highest BCUT2D eigenvalue weighted by atomic mass is 32.2. The van der Waals surface area contributed by atoms with E-state index >= 15 is 0 Å². The van der Waals surface area contributed by atoms with Crippen molar-refractivity contribution in [2.24, 2.45) is 0 Å². The molecule has 4 N–H and O–H groups in total. The van der Waals surface area contributed by atoms with Crippen molar-refractivity contribution in [1.29, 1.82) is 0 Å². The molecule has 1 aliphatic rings. The Bertz CT molecular complexity index is 635. The third kappa shape index (κ3) is 2.24. The summed E-state index contributed by atoms with van der Waals surface area (Å²) >= 11 is 3.00. The molecule has 3 rings (SSSR count). The minimum Gasteiger partial charge on any atom is -0.395 e. The maximum atomic E-state index is 9.91. The molecule has 1 aliphatic heterocycles. The molecule has 3 heterocycles. The molecule has 20 heavy (non-hydrogen) atoms. The van der Waals surface area contributed by atoms with Crippen molar-refractivity contribution in [1.82, 2.24) is 19.5 Å². The van der Waals surface area contributed by atoms with Gasteiger partial charge in [-0.25, -0.2) is 9.97 Å². The predicted molar refractivity (Wildman–Crippen MR) is 79.6 cm³/mol. The summed E-state index contributed by atoms with van der Waals surface area (Å²) < 4.78 is 1.90. The first kappa shape index (κ1) is 13.9. The zero-order chi connectivity index (χ0) is 14.3. The van der Waals surface area contributed by atoms with Crippen LogP contribution in [0.1, 0.15) is 11.8 Å². The Morgan fingerprint density at radius 1 is 1.55 bits per heavy atom. The SMILES string of the molecule is CSc1nc(N)nc2c1ncn2[C@@H]1C[C@H](O)[C@@H](CO)S1. The van der Waals surface area contributed by atoms with Gasteiger partial charge in [-0.15, -0.1) is 23.5 Å². The molecule has 1 saturated heterocycles. The summed E-state index contributed by atoms with van der Waals surface area (Å²) in [6.07, 6.45) is 3.64. The highest BCUT2D eigenvalue weighted by molar-refractivity contribution is 8.00. The topological polar surface area (TPSA) is 110 Å². The fraction of sp³-hybridized carbons (Fsp3) is 0.545. The Morgan fingerprint density at radius 2 is 2.35 bits per heavy atom. The number of aliphatic hydroxyl groups excluding tert-OH is 2. The normalized spacial score (nSPS) is 26.4. The second kappa shape index (κ2) is 5.40. The van der Waals surface area contributed by atoms with Gasteiger partial charge in [0.25, 0.3) is 0 Å². The van der Waals surface area contributed by atoms with Gasteiger partial charge in [-0.3, -0.25) is 0 Å². The zero-order valence-electron chi connectivity index (χ0n) is 10.8. The minimum absolute atomic E-state index is 0.00356. The average Bonchev–Trinajstić information content (AvgIpc) is 3.00. The number of imidazole rings is 1. The molecule has 0 saturated carbocycles. The van der Waals surface area contributed by atoms with Crippen LogP contribution in [0.2, 0.25) is 0 Å². The van der Waals surface area contributed by atoms with Crippen LogP contribution in [0.4, 0.5) is 5.95 Å². The smallest absolute Gasteiger partial charge is 0.223 e. The van der Waals surface area contributed by atoms with Crippen molar-refractivity contribution in [3.63, 3.8) is 0 Å². The monoisotopic (exact) mass is 313 g/mol. The van der Waals surface area contributed by atoms with E-state index in [-0.39, 0.29) is 23.2 Å². The number of nitrogens with two attached hydrogens (primary N) is 1. The molecule has 7 nitrogen and oxygen atoms in total. The number of thioether (sulfide) groups is 2. The van der Waals surface area contributed by atoms with E-state index in [0.29, 0.717) is 17.6 Å². The molecule has 108 valence electrons. The van der Waals surface area contributed by atoms with Gasteiger partial charge in [-0.05, 0) is 6.26 Å². The Kier molecular flexibility index (Phi) is 3.76. The van der Waals surface area contributed by atoms with Gasteiger partial charge in [0, 0.05) is 6.42 Å². The standard InChI is InChI=1S/C11H15N5O2S2/c1-19-10-8-9(14-11(12)15-10)16(4-13-8)7-2-5(18)6(3-17)20-7/h4-7,17-18H,2-3H2,1H3,(H2,12,14,15)/t5-,6+,7-/m0/s1. The molecule has 0 radical (unpaired) electrons. The van der Waals surface area contributed by atoms with E-state index in [1.54, 1.807) is 6.33 Å². The molecule has 0 aromatic carbocycles. The Hall–Kier alpha value is -1.03. The zero-order valence-corrected chi connectivity index (χ0v) is 12.4. The highest BCUT2D eigenvalue weighted by Gasteiger charge is 2.35. The first-order valence-electron chi connectivity index (χ1n) is 6.12. The number of hydrogen-bond donors (Lipinski definition) is 3. The molecule has 0 spiro atoms. The summed E-state index contributed by atoms with van der Waals surface area (Å²) in [6, 6.07) is 0. The Morgan fingerprint density at radius 3 is 3.00 bits per heavy atom. The summed E-state index contributed by atoms with van der Waals surface area (Å²) in [6.45, 7) is -0.0395. The van der Waals surface area contributed by atoms with Crippen molar-refractivity contribution >= 4 is 40.6 Å². The molecule has 3 atom stereocenters. The van der Waals surface area contributed by atoms with Gasteiger partial charge >= 0.3 is 0 Å². The first-order chi connectivity index (χ1) is 9.63. The lowest BCUT2D eigenvalue weighted by Gasteiger charge is -2.12. The number of nitrogen functional groups attached to an aromatic ring is 1.